The maximum absolute atomic E-state index is 12.6. The van der Waals surface area contributed by atoms with Crippen LogP contribution in [0.3, 0.4) is 0 Å². The summed E-state index contributed by atoms with van der Waals surface area (Å²) in [5, 5.41) is 0. The number of sulfonamides is 1. The lowest BCUT2D eigenvalue weighted by molar-refractivity contribution is 0.0785. The number of ether oxygens (including phenoxy) is 1. The SMILES string of the molecule is CCS(=O)(=O)Nc1cccc(C(=O)N(C)Cc2ccc(OC)cc2)c1. The smallest absolute Gasteiger partial charge is 0.253 e. The molecule has 25 heavy (non-hydrogen) atoms. The number of methoxy groups -OCH3 is 1. The second-order valence-corrected chi connectivity index (χ2v) is 7.61. The fourth-order valence-electron chi connectivity index (χ4n) is 2.26. The van der Waals surface area contributed by atoms with Crippen molar-refractivity contribution in [1.82, 2.24) is 4.90 Å². The van der Waals surface area contributed by atoms with Crippen molar-refractivity contribution < 1.29 is 17.9 Å². The summed E-state index contributed by atoms with van der Waals surface area (Å²) in [4.78, 5) is 14.2. The van der Waals surface area contributed by atoms with E-state index in [2.05, 4.69) is 4.72 Å². The Morgan fingerprint density at radius 1 is 1.16 bits per heavy atom. The Kier molecular flexibility index (Phi) is 6.03. The molecule has 2 aromatic carbocycles. The van der Waals surface area contributed by atoms with Gasteiger partial charge in [-0.25, -0.2) is 8.42 Å². The van der Waals surface area contributed by atoms with Crippen molar-refractivity contribution >= 4 is 21.6 Å². The lowest BCUT2D eigenvalue weighted by atomic mass is 10.1. The van der Waals surface area contributed by atoms with E-state index in [4.69, 9.17) is 4.74 Å². The van der Waals surface area contributed by atoms with Gasteiger partial charge in [-0.05, 0) is 42.8 Å². The summed E-state index contributed by atoms with van der Waals surface area (Å²) >= 11 is 0. The quantitative estimate of drug-likeness (QED) is 0.822. The maximum Gasteiger partial charge on any atom is 0.253 e. The van der Waals surface area contributed by atoms with Gasteiger partial charge >= 0.3 is 0 Å². The van der Waals surface area contributed by atoms with Crippen LogP contribution in [0.4, 0.5) is 5.69 Å². The molecule has 0 aliphatic heterocycles. The summed E-state index contributed by atoms with van der Waals surface area (Å²) in [7, 11) is -0.0718. The van der Waals surface area contributed by atoms with Gasteiger partial charge < -0.3 is 9.64 Å². The number of hydrogen-bond donors (Lipinski definition) is 1. The van der Waals surface area contributed by atoms with E-state index in [1.807, 2.05) is 24.3 Å². The van der Waals surface area contributed by atoms with Crippen LogP contribution in [0.2, 0.25) is 0 Å². The molecular weight excluding hydrogens is 340 g/mol. The zero-order valence-electron chi connectivity index (χ0n) is 14.5. The van der Waals surface area contributed by atoms with E-state index in [0.717, 1.165) is 11.3 Å². The average Bonchev–Trinajstić information content (AvgIpc) is 2.61. The minimum Gasteiger partial charge on any atom is -0.497 e. The first-order chi connectivity index (χ1) is 11.8. The molecule has 0 bridgehead atoms. The normalized spacial score (nSPS) is 11.0. The summed E-state index contributed by atoms with van der Waals surface area (Å²) in [5.74, 6) is 0.546. The van der Waals surface area contributed by atoms with E-state index in [-0.39, 0.29) is 11.7 Å². The Hall–Kier alpha value is -2.54. The predicted octanol–water partition coefficient (Wildman–Crippen LogP) is 2.73. The Morgan fingerprint density at radius 3 is 2.44 bits per heavy atom. The Morgan fingerprint density at radius 2 is 1.84 bits per heavy atom. The third-order valence-electron chi connectivity index (χ3n) is 3.69. The molecule has 1 amide bonds. The molecule has 0 fully saturated rings. The van der Waals surface area contributed by atoms with Gasteiger partial charge in [0.15, 0.2) is 0 Å². The molecule has 0 atom stereocenters. The molecule has 0 heterocycles. The summed E-state index contributed by atoms with van der Waals surface area (Å²) in [6, 6.07) is 14.0. The van der Waals surface area contributed by atoms with E-state index < -0.39 is 10.0 Å². The lowest BCUT2D eigenvalue weighted by Gasteiger charge is -2.18. The summed E-state index contributed by atoms with van der Waals surface area (Å²) < 4.78 is 30.9. The second kappa shape index (κ2) is 8.02. The number of anilines is 1. The fourth-order valence-corrected chi connectivity index (χ4v) is 2.89. The maximum atomic E-state index is 12.6. The highest BCUT2D eigenvalue weighted by Crippen LogP contribution is 2.16. The van der Waals surface area contributed by atoms with Crippen LogP contribution in [-0.2, 0) is 16.6 Å². The zero-order valence-corrected chi connectivity index (χ0v) is 15.3. The molecule has 1 N–H and O–H groups in total. The number of carbonyl (C=O) groups is 1. The number of carbonyl (C=O) groups excluding carboxylic acids is 1. The van der Waals surface area contributed by atoms with Gasteiger partial charge in [-0.2, -0.15) is 0 Å². The van der Waals surface area contributed by atoms with Crippen LogP contribution in [0.5, 0.6) is 5.75 Å². The molecule has 0 aliphatic carbocycles. The van der Waals surface area contributed by atoms with Gasteiger partial charge in [0.2, 0.25) is 10.0 Å². The van der Waals surface area contributed by atoms with Gasteiger partial charge in [0, 0.05) is 24.8 Å². The summed E-state index contributed by atoms with van der Waals surface area (Å²) in [6.07, 6.45) is 0. The standard InChI is InChI=1S/C18H22N2O4S/c1-4-25(22,23)19-16-7-5-6-15(12-16)18(21)20(2)13-14-8-10-17(24-3)11-9-14/h5-12,19H,4,13H2,1-3H3. The topological polar surface area (TPSA) is 75.7 Å². The first kappa shape index (κ1) is 18.8. The van der Waals surface area contributed by atoms with E-state index in [0.29, 0.717) is 17.8 Å². The van der Waals surface area contributed by atoms with E-state index in [9.17, 15) is 13.2 Å². The van der Waals surface area contributed by atoms with Crippen LogP contribution in [0, 0.1) is 0 Å². The third kappa shape index (κ3) is 5.22. The van der Waals surface area contributed by atoms with Crippen molar-refractivity contribution in [2.75, 3.05) is 24.6 Å². The van der Waals surface area contributed by atoms with Crippen LogP contribution in [-0.4, -0.2) is 39.1 Å². The van der Waals surface area contributed by atoms with Gasteiger partial charge in [-0.3, -0.25) is 9.52 Å². The number of amides is 1. The number of hydrogen-bond acceptors (Lipinski definition) is 4. The van der Waals surface area contributed by atoms with Crippen LogP contribution in [0.1, 0.15) is 22.8 Å². The van der Waals surface area contributed by atoms with Crippen molar-refractivity contribution in [2.45, 2.75) is 13.5 Å². The van der Waals surface area contributed by atoms with Crippen molar-refractivity contribution in [2.24, 2.45) is 0 Å². The van der Waals surface area contributed by atoms with Gasteiger partial charge in [0.25, 0.3) is 5.91 Å². The number of rotatable bonds is 7. The van der Waals surface area contributed by atoms with Gasteiger partial charge in [-0.1, -0.05) is 18.2 Å². The lowest BCUT2D eigenvalue weighted by Crippen LogP contribution is -2.26. The van der Waals surface area contributed by atoms with Crippen LogP contribution < -0.4 is 9.46 Å². The molecule has 0 saturated carbocycles. The Bertz CT molecular complexity index is 832. The fraction of sp³-hybridized carbons (Fsp3) is 0.278. The van der Waals surface area contributed by atoms with Crippen LogP contribution in [0.15, 0.2) is 48.5 Å². The highest BCUT2D eigenvalue weighted by Gasteiger charge is 2.14. The highest BCUT2D eigenvalue weighted by atomic mass is 32.2. The molecule has 0 radical (unpaired) electrons. The average molecular weight is 362 g/mol. The minimum atomic E-state index is -3.38. The largest absolute Gasteiger partial charge is 0.497 e. The highest BCUT2D eigenvalue weighted by molar-refractivity contribution is 7.92. The molecule has 6 nitrogen and oxygen atoms in total. The molecule has 7 heteroatoms. The van der Waals surface area contributed by atoms with Gasteiger partial charge in [-0.15, -0.1) is 0 Å². The van der Waals surface area contributed by atoms with Gasteiger partial charge in [0.05, 0.1) is 12.9 Å². The predicted molar refractivity (Wildman–Crippen MR) is 98.3 cm³/mol. The first-order valence-electron chi connectivity index (χ1n) is 7.83. The summed E-state index contributed by atoms with van der Waals surface area (Å²) in [6.45, 7) is 1.99. The van der Waals surface area contributed by atoms with Crippen molar-refractivity contribution in [1.29, 1.82) is 0 Å². The molecule has 0 aliphatic rings. The Balaban J connectivity index is 2.10. The first-order valence-corrected chi connectivity index (χ1v) is 9.49. The van der Waals surface area contributed by atoms with Crippen molar-refractivity contribution in [3.8, 4) is 5.75 Å². The summed E-state index contributed by atoms with van der Waals surface area (Å²) in [5.41, 5.74) is 1.78. The minimum absolute atomic E-state index is 0.0253. The molecule has 0 aromatic heterocycles. The molecule has 0 unspecified atom stereocenters. The van der Waals surface area contributed by atoms with Crippen LogP contribution >= 0.6 is 0 Å². The number of nitrogens with one attached hydrogen (secondary N) is 1. The zero-order chi connectivity index (χ0) is 18.4. The molecule has 2 aromatic rings. The Labute approximate surface area is 148 Å². The third-order valence-corrected chi connectivity index (χ3v) is 5.00. The van der Waals surface area contributed by atoms with Gasteiger partial charge in [0.1, 0.15) is 5.75 Å². The number of benzene rings is 2. The second-order valence-electron chi connectivity index (χ2n) is 5.60. The molecule has 134 valence electrons. The molecule has 2 rings (SSSR count). The van der Waals surface area contributed by atoms with Crippen molar-refractivity contribution in [3.63, 3.8) is 0 Å². The van der Waals surface area contributed by atoms with Crippen molar-refractivity contribution in [3.05, 3.63) is 59.7 Å². The number of nitrogens with zero attached hydrogens (tertiary/aromatic N) is 1. The van der Waals surface area contributed by atoms with E-state index in [1.54, 1.807) is 50.2 Å². The van der Waals surface area contributed by atoms with E-state index >= 15 is 0 Å². The molecule has 0 spiro atoms. The monoisotopic (exact) mass is 362 g/mol. The van der Waals surface area contributed by atoms with E-state index in [1.165, 1.54) is 0 Å². The van der Waals surface area contributed by atoms with Crippen LogP contribution in [0.25, 0.3) is 0 Å². The molecular formula is C18H22N2O4S. The molecule has 0 saturated heterocycles.